The molecule has 1 aromatic carbocycles. The fourth-order valence-electron chi connectivity index (χ4n) is 3.05. The van der Waals surface area contributed by atoms with Gasteiger partial charge in [0.05, 0.1) is 5.02 Å². The van der Waals surface area contributed by atoms with Crippen molar-refractivity contribution < 1.29 is 0 Å². The Morgan fingerprint density at radius 3 is 2.55 bits per heavy atom. The normalized spacial score (nSPS) is 16.1. The van der Waals surface area contributed by atoms with Crippen molar-refractivity contribution in [2.75, 3.05) is 0 Å². The first-order chi connectivity index (χ1) is 9.78. The molecule has 0 aliphatic heterocycles. The minimum absolute atomic E-state index is 0.224. The van der Waals surface area contributed by atoms with Crippen molar-refractivity contribution >= 4 is 11.6 Å². The van der Waals surface area contributed by atoms with Crippen LogP contribution in [0.1, 0.15) is 16.7 Å². The van der Waals surface area contributed by atoms with Gasteiger partial charge >= 0.3 is 0 Å². The van der Waals surface area contributed by atoms with Crippen LogP contribution in [0.5, 0.6) is 0 Å². The van der Waals surface area contributed by atoms with Gasteiger partial charge in [-0.15, -0.1) is 0 Å². The van der Waals surface area contributed by atoms with Crippen LogP contribution in [-0.2, 0) is 19.3 Å². The third-order valence-electron chi connectivity index (χ3n) is 4.16. The smallest absolute Gasteiger partial charge is 0.0621 e. The molecule has 1 aromatic heterocycles. The molecule has 0 saturated heterocycles. The summed E-state index contributed by atoms with van der Waals surface area (Å²) in [6.45, 7) is 0. The predicted octanol–water partition coefficient (Wildman–Crippen LogP) is 2.52. The Bertz CT molecular complexity index is 575. The summed E-state index contributed by atoms with van der Waals surface area (Å²) in [7, 11) is 0. The number of halogens is 1. The molecule has 1 unspecified atom stereocenters. The largest absolute Gasteiger partial charge is 0.271 e. The fourth-order valence-corrected chi connectivity index (χ4v) is 3.24. The fraction of sp³-hybridized carbons (Fsp3) is 0.312. The molecule has 20 heavy (non-hydrogen) atoms. The lowest BCUT2D eigenvalue weighted by molar-refractivity contribution is 0.367. The third kappa shape index (κ3) is 2.70. The molecule has 0 spiro atoms. The maximum absolute atomic E-state index is 6.19. The molecule has 1 heterocycles. The summed E-state index contributed by atoms with van der Waals surface area (Å²) in [6, 6.07) is 10.8. The van der Waals surface area contributed by atoms with Crippen LogP contribution in [0, 0.1) is 5.92 Å². The number of nitrogens with zero attached hydrogens (tertiary/aromatic N) is 1. The van der Waals surface area contributed by atoms with Gasteiger partial charge in [-0.05, 0) is 47.9 Å². The number of aromatic nitrogens is 1. The van der Waals surface area contributed by atoms with Gasteiger partial charge in [-0.3, -0.25) is 16.3 Å². The van der Waals surface area contributed by atoms with Gasteiger partial charge in [-0.2, -0.15) is 0 Å². The van der Waals surface area contributed by atoms with Gasteiger partial charge in [0.1, 0.15) is 0 Å². The van der Waals surface area contributed by atoms with E-state index in [1.165, 1.54) is 11.1 Å². The summed E-state index contributed by atoms with van der Waals surface area (Å²) in [6.07, 6.45) is 6.45. The average molecular weight is 288 g/mol. The molecule has 1 aliphatic rings. The second kappa shape index (κ2) is 5.92. The van der Waals surface area contributed by atoms with Gasteiger partial charge in [0.15, 0.2) is 0 Å². The summed E-state index contributed by atoms with van der Waals surface area (Å²) < 4.78 is 0. The zero-order chi connectivity index (χ0) is 13.9. The van der Waals surface area contributed by atoms with Gasteiger partial charge in [-0.25, -0.2) is 0 Å². The standard InChI is InChI=1S/C16H18ClN3/c17-15-10-19-6-5-13(15)9-16(20-18)14-7-11-3-1-2-4-12(11)8-14/h1-6,10,14,16,20H,7-9,18H2. The first kappa shape index (κ1) is 13.6. The van der Waals surface area contributed by atoms with Crippen LogP contribution >= 0.6 is 11.6 Å². The number of fused-ring (bicyclic) bond motifs is 1. The zero-order valence-corrected chi connectivity index (χ0v) is 12.0. The maximum atomic E-state index is 6.19. The van der Waals surface area contributed by atoms with E-state index in [2.05, 4.69) is 34.7 Å². The highest BCUT2D eigenvalue weighted by atomic mass is 35.5. The lowest BCUT2D eigenvalue weighted by atomic mass is 9.92. The van der Waals surface area contributed by atoms with Gasteiger partial charge in [0.25, 0.3) is 0 Å². The Morgan fingerprint density at radius 2 is 1.95 bits per heavy atom. The van der Waals surface area contributed by atoms with Crippen molar-refractivity contribution in [1.29, 1.82) is 0 Å². The summed E-state index contributed by atoms with van der Waals surface area (Å²) >= 11 is 6.19. The molecule has 0 saturated carbocycles. The molecule has 3 N–H and O–H groups in total. The minimum Gasteiger partial charge on any atom is -0.271 e. The van der Waals surface area contributed by atoms with Crippen molar-refractivity contribution in [3.8, 4) is 0 Å². The number of rotatable bonds is 4. The topological polar surface area (TPSA) is 50.9 Å². The lowest BCUT2D eigenvalue weighted by Gasteiger charge is -2.23. The van der Waals surface area contributed by atoms with Crippen molar-refractivity contribution in [3.63, 3.8) is 0 Å². The van der Waals surface area contributed by atoms with Gasteiger partial charge in [0, 0.05) is 18.4 Å². The number of nitrogens with two attached hydrogens (primary N) is 1. The van der Waals surface area contributed by atoms with Crippen molar-refractivity contribution in [1.82, 2.24) is 10.4 Å². The molecule has 0 radical (unpaired) electrons. The van der Waals surface area contributed by atoms with E-state index in [-0.39, 0.29) is 6.04 Å². The molecule has 2 aromatic rings. The molecule has 104 valence electrons. The number of hydrogen-bond donors (Lipinski definition) is 2. The van der Waals surface area contributed by atoms with Crippen molar-refractivity contribution in [3.05, 3.63) is 64.4 Å². The van der Waals surface area contributed by atoms with E-state index in [4.69, 9.17) is 17.4 Å². The number of pyridine rings is 1. The molecular formula is C16H18ClN3. The molecule has 1 aliphatic carbocycles. The van der Waals surface area contributed by atoms with Gasteiger partial charge < -0.3 is 0 Å². The molecule has 4 heteroatoms. The molecule has 0 bridgehead atoms. The monoisotopic (exact) mass is 287 g/mol. The molecule has 3 rings (SSSR count). The second-order valence-corrected chi connectivity index (χ2v) is 5.79. The van der Waals surface area contributed by atoms with Crippen molar-refractivity contribution in [2.45, 2.75) is 25.3 Å². The SMILES string of the molecule is NNC(Cc1ccncc1Cl)C1Cc2ccccc2C1. The van der Waals surface area contributed by atoms with Crippen LogP contribution in [0.25, 0.3) is 0 Å². The van der Waals surface area contributed by atoms with E-state index in [1.54, 1.807) is 12.4 Å². The highest BCUT2D eigenvalue weighted by Crippen LogP contribution is 2.30. The lowest BCUT2D eigenvalue weighted by Crippen LogP contribution is -2.43. The number of hydrazine groups is 1. The summed E-state index contributed by atoms with van der Waals surface area (Å²) in [4.78, 5) is 4.02. The molecular weight excluding hydrogens is 270 g/mol. The predicted molar refractivity (Wildman–Crippen MR) is 81.4 cm³/mol. The zero-order valence-electron chi connectivity index (χ0n) is 11.2. The summed E-state index contributed by atoms with van der Waals surface area (Å²) in [5.74, 6) is 6.29. The van der Waals surface area contributed by atoms with Crippen LogP contribution in [0.15, 0.2) is 42.7 Å². The van der Waals surface area contributed by atoms with E-state index in [0.717, 1.165) is 24.8 Å². The summed E-state index contributed by atoms with van der Waals surface area (Å²) in [5, 5.41) is 0.711. The minimum atomic E-state index is 0.224. The summed E-state index contributed by atoms with van der Waals surface area (Å²) in [5.41, 5.74) is 6.96. The highest BCUT2D eigenvalue weighted by molar-refractivity contribution is 6.31. The second-order valence-electron chi connectivity index (χ2n) is 5.38. The number of benzene rings is 1. The van der Waals surface area contributed by atoms with Crippen LogP contribution in [0.2, 0.25) is 5.02 Å². The highest BCUT2D eigenvalue weighted by Gasteiger charge is 2.28. The van der Waals surface area contributed by atoms with E-state index < -0.39 is 0 Å². The van der Waals surface area contributed by atoms with E-state index >= 15 is 0 Å². The molecule has 1 atom stereocenters. The Labute approximate surface area is 124 Å². The Balaban J connectivity index is 1.74. The molecule has 3 nitrogen and oxygen atoms in total. The Kier molecular flexibility index (Phi) is 4.01. The molecule has 0 fully saturated rings. The van der Waals surface area contributed by atoms with Gasteiger partial charge in [-0.1, -0.05) is 35.9 Å². The van der Waals surface area contributed by atoms with Crippen LogP contribution in [0.3, 0.4) is 0 Å². The van der Waals surface area contributed by atoms with E-state index in [9.17, 15) is 0 Å². The van der Waals surface area contributed by atoms with Crippen molar-refractivity contribution in [2.24, 2.45) is 11.8 Å². The van der Waals surface area contributed by atoms with Gasteiger partial charge in [0.2, 0.25) is 0 Å². The first-order valence-electron chi connectivity index (χ1n) is 6.89. The Morgan fingerprint density at radius 1 is 1.25 bits per heavy atom. The number of hydrogen-bond acceptors (Lipinski definition) is 3. The number of nitrogens with one attached hydrogen (secondary N) is 1. The third-order valence-corrected chi connectivity index (χ3v) is 4.50. The first-order valence-corrected chi connectivity index (χ1v) is 7.27. The van der Waals surface area contributed by atoms with E-state index in [0.29, 0.717) is 10.9 Å². The van der Waals surface area contributed by atoms with Crippen LogP contribution in [0.4, 0.5) is 0 Å². The molecule has 0 amide bonds. The maximum Gasteiger partial charge on any atom is 0.0621 e. The average Bonchev–Trinajstić information content (AvgIpc) is 2.90. The Hall–Kier alpha value is -1.42. The van der Waals surface area contributed by atoms with Crippen LogP contribution in [-0.4, -0.2) is 11.0 Å². The van der Waals surface area contributed by atoms with Crippen LogP contribution < -0.4 is 11.3 Å². The quantitative estimate of drug-likeness (QED) is 0.671. The van der Waals surface area contributed by atoms with E-state index in [1.807, 2.05) is 6.07 Å².